The minimum absolute atomic E-state index is 0.292. The highest BCUT2D eigenvalue weighted by atomic mass is 15.1. The fraction of sp³-hybridized carbons (Fsp3) is 0.692. The van der Waals surface area contributed by atoms with Crippen molar-refractivity contribution in [3.05, 3.63) is 6.07 Å². The van der Waals surface area contributed by atoms with Crippen LogP contribution in [-0.4, -0.2) is 47.6 Å². The van der Waals surface area contributed by atoms with Crippen LogP contribution in [0.3, 0.4) is 0 Å². The standard InChI is InChI=1S/C13H26N6/c1-5-15-11-9-12(18-13(14)17-11)16-7-6-8-19(4)10(2)3/h9-10H,5-8H2,1-4H3,(H4,14,15,16,17,18). The van der Waals surface area contributed by atoms with E-state index in [2.05, 4.69) is 46.4 Å². The molecule has 0 fully saturated rings. The molecule has 0 unspecified atom stereocenters. The molecular formula is C13H26N6. The first-order chi connectivity index (χ1) is 9.02. The molecule has 1 aromatic heterocycles. The summed E-state index contributed by atoms with van der Waals surface area (Å²) in [5.41, 5.74) is 5.67. The predicted molar refractivity (Wildman–Crippen MR) is 81.5 cm³/mol. The van der Waals surface area contributed by atoms with Gasteiger partial charge in [0.2, 0.25) is 5.95 Å². The van der Waals surface area contributed by atoms with Crippen molar-refractivity contribution in [2.75, 3.05) is 43.0 Å². The number of hydrogen-bond donors (Lipinski definition) is 3. The molecule has 0 saturated heterocycles. The van der Waals surface area contributed by atoms with Gasteiger partial charge in [0, 0.05) is 25.2 Å². The minimum atomic E-state index is 0.292. The lowest BCUT2D eigenvalue weighted by molar-refractivity contribution is 0.273. The highest BCUT2D eigenvalue weighted by Crippen LogP contribution is 2.12. The molecule has 1 heterocycles. The number of nitrogens with two attached hydrogens (primary N) is 1. The van der Waals surface area contributed by atoms with E-state index in [4.69, 9.17) is 5.73 Å². The van der Waals surface area contributed by atoms with Crippen molar-refractivity contribution in [1.82, 2.24) is 14.9 Å². The maximum atomic E-state index is 5.67. The molecule has 4 N–H and O–H groups in total. The lowest BCUT2D eigenvalue weighted by atomic mass is 10.3. The van der Waals surface area contributed by atoms with Crippen LogP contribution in [0.1, 0.15) is 27.2 Å². The second-order valence-electron chi connectivity index (χ2n) is 4.88. The summed E-state index contributed by atoms with van der Waals surface area (Å²) in [6.07, 6.45) is 1.06. The molecule has 0 aliphatic rings. The van der Waals surface area contributed by atoms with E-state index < -0.39 is 0 Å². The average Bonchev–Trinajstić information content (AvgIpc) is 2.34. The number of nitrogens with one attached hydrogen (secondary N) is 2. The zero-order chi connectivity index (χ0) is 14.3. The summed E-state index contributed by atoms with van der Waals surface area (Å²) in [4.78, 5) is 10.6. The second-order valence-corrected chi connectivity index (χ2v) is 4.88. The molecule has 108 valence electrons. The quantitative estimate of drug-likeness (QED) is 0.621. The van der Waals surface area contributed by atoms with Gasteiger partial charge in [-0.2, -0.15) is 9.97 Å². The first kappa shape index (κ1) is 15.5. The topological polar surface area (TPSA) is 79.1 Å². The molecule has 0 aliphatic heterocycles. The van der Waals surface area contributed by atoms with Crippen molar-refractivity contribution in [3.63, 3.8) is 0 Å². The monoisotopic (exact) mass is 266 g/mol. The molecule has 0 radical (unpaired) electrons. The molecule has 0 aromatic carbocycles. The van der Waals surface area contributed by atoms with E-state index in [0.29, 0.717) is 12.0 Å². The van der Waals surface area contributed by atoms with E-state index in [0.717, 1.165) is 37.7 Å². The molecule has 6 nitrogen and oxygen atoms in total. The van der Waals surface area contributed by atoms with Gasteiger partial charge in [-0.05, 0) is 40.8 Å². The van der Waals surface area contributed by atoms with Crippen molar-refractivity contribution >= 4 is 17.6 Å². The number of aromatic nitrogens is 2. The predicted octanol–water partition coefficient (Wildman–Crippen LogP) is 1.63. The lowest BCUT2D eigenvalue weighted by Gasteiger charge is -2.20. The van der Waals surface area contributed by atoms with Gasteiger partial charge < -0.3 is 21.3 Å². The Kier molecular flexibility index (Phi) is 6.35. The minimum Gasteiger partial charge on any atom is -0.370 e. The molecule has 1 rings (SSSR count). The summed E-state index contributed by atoms with van der Waals surface area (Å²) >= 11 is 0. The van der Waals surface area contributed by atoms with Gasteiger partial charge in [0.15, 0.2) is 0 Å². The van der Waals surface area contributed by atoms with Crippen LogP contribution in [0, 0.1) is 0 Å². The van der Waals surface area contributed by atoms with E-state index in [-0.39, 0.29) is 0 Å². The molecule has 6 heteroatoms. The number of nitrogens with zero attached hydrogens (tertiary/aromatic N) is 3. The maximum absolute atomic E-state index is 5.67. The summed E-state index contributed by atoms with van der Waals surface area (Å²) < 4.78 is 0. The van der Waals surface area contributed by atoms with E-state index in [9.17, 15) is 0 Å². The van der Waals surface area contributed by atoms with Crippen LogP contribution in [0.5, 0.6) is 0 Å². The summed E-state index contributed by atoms with van der Waals surface area (Å²) in [5, 5.41) is 6.41. The number of nitrogen functional groups attached to an aromatic ring is 1. The fourth-order valence-electron chi connectivity index (χ4n) is 1.63. The normalized spacial score (nSPS) is 11.1. The second kappa shape index (κ2) is 7.78. The maximum Gasteiger partial charge on any atom is 0.223 e. The van der Waals surface area contributed by atoms with Crippen LogP contribution in [-0.2, 0) is 0 Å². The molecule has 1 aromatic rings. The van der Waals surface area contributed by atoms with E-state index in [1.54, 1.807) is 0 Å². The Bertz CT molecular complexity index is 379. The van der Waals surface area contributed by atoms with Gasteiger partial charge in [-0.25, -0.2) is 0 Å². The third-order valence-corrected chi connectivity index (χ3v) is 2.98. The lowest BCUT2D eigenvalue weighted by Crippen LogP contribution is -2.28. The molecule has 0 bridgehead atoms. The molecule has 0 aliphatic carbocycles. The smallest absolute Gasteiger partial charge is 0.223 e. The molecule has 0 amide bonds. The summed E-state index contributed by atoms with van der Waals surface area (Å²) in [6.45, 7) is 9.16. The molecule has 0 atom stereocenters. The Morgan fingerprint density at radius 1 is 1.26 bits per heavy atom. The Morgan fingerprint density at radius 2 is 1.89 bits per heavy atom. The number of rotatable bonds is 8. The Hall–Kier alpha value is -1.56. The van der Waals surface area contributed by atoms with Crippen LogP contribution >= 0.6 is 0 Å². The third-order valence-electron chi connectivity index (χ3n) is 2.98. The van der Waals surface area contributed by atoms with E-state index in [1.165, 1.54) is 0 Å². The van der Waals surface area contributed by atoms with Crippen molar-refractivity contribution in [2.45, 2.75) is 33.2 Å². The Balaban J connectivity index is 2.40. The Morgan fingerprint density at radius 3 is 2.47 bits per heavy atom. The van der Waals surface area contributed by atoms with Crippen LogP contribution in [0.4, 0.5) is 17.6 Å². The van der Waals surface area contributed by atoms with Crippen LogP contribution in [0.15, 0.2) is 6.07 Å². The van der Waals surface area contributed by atoms with Crippen molar-refractivity contribution in [1.29, 1.82) is 0 Å². The zero-order valence-corrected chi connectivity index (χ0v) is 12.4. The first-order valence-corrected chi connectivity index (χ1v) is 6.85. The van der Waals surface area contributed by atoms with Gasteiger partial charge in [-0.1, -0.05) is 0 Å². The molecule has 0 saturated carbocycles. The Labute approximate surface area is 115 Å². The van der Waals surface area contributed by atoms with Gasteiger partial charge in [0.25, 0.3) is 0 Å². The van der Waals surface area contributed by atoms with Crippen molar-refractivity contribution < 1.29 is 0 Å². The highest BCUT2D eigenvalue weighted by Gasteiger charge is 2.03. The van der Waals surface area contributed by atoms with Gasteiger partial charge in [0.05, 0.1) is 0 Å². The van der Waals surface area contributed by atoms with Crippen LogP contribution < -0.4 is 16.4 Å². The number of hydrogen-bond acceptors (Lipinski definition) is 6. The fourth-order valence-corrected chi connectivity index (χ4v) is 1.63. The van der Waals surface area contributed by atoms with Gasteiger partial charge in [0.1, 0.15) is 11.6 Å². The third kappa shape index (κ3) is 5.74. The highest BCUT2D eigenvalue weighted by molar-refractivity contribution is 5.50. The SMILES string of the molecule is CCNc1cc(NCCCN(C)C(C)C)nc(N)n1. The zero-order valence-electron chi connectivity index (χ0n) is 12.4. The largest absolute Gasteiger partial charge is 0.370 e. The van der Waals surface area contributed by atoms with Gasteiger partial charge in [-0.15, -0.1) is 0 Å². The summed E-state index contributed by atoms with van der Waals surface area (Å²) in [6, 6.07) is 2.46. The number of anilines is 3. The first-order valence-electron chi connectivity index (χ1n) is 6.85. The van der Waals surface area contributed by atoms with Gasteiger partial charge >= 0.3 is 0 Å². The van der Waals surface area contributed by atoms with Gasteiger partial charge in [-0.3, -0.25) is 0 Å². The van der Waals surface area contributed by atoms with Crippen LogP contribution in [0.2, 0.25) is 0 Å². The van der Waals surface area contributed by atoms with Crippen molar-refractivity contribution in [3.8, 4) is 0 Å². The molecular weight excluding hydrogens is 240 g/mol. The summed E-state index contributed by atoms with van der Waals surface area (Å²) in [7, 11) is 2.14. The van der Waals surface area contributed by atoms with E-state index in [1.807, 2.05) is 13.0 Å². The average molecular weight is 266 g/mol. The molecule has 0 spiro atoms. The summed E-state index contributed by atoms with van der Waals surface area (Å²) in [5.74, 6) is 1.83. The van der Waals surface area contributed by atoms with E-state index >= 15 is 0 Å². The van der Waals surface area contributed by atoms with Crippen LogP contribution in [0.25, 0.3) is 0 Å². The van der Waals surface area contributed by atoms with Crippen molar-refractivity contribution in [2.24, 2.45) is 0 Å². The molecule has 19 heavy (non-hydrogen) atoms.